The number of aliphatic carboxylic acids is 1. The number of thiophene rings is 1. The molecule has 1 aliphatic heterocycles. The van der Waals surface area contributed by atoms with Crippen LogP contribution >= 0.6 is 11.3 Å². The first-order valence-electron chi connectivity index (χ1n) is 7.00. The van der Waals surface area contributed by atoms with Gasteiger partial charge >= 0.3 is 5.97 Å². The van der Waals surface area contributed by atoms with Crippen molar-refractivity contribution < 1.29 is 9.90 Å². The Morgan fingerprint density at radius 2 is 2.25 bits per heavy atom. The summed E-state index contributed by atoms with van der Waals surface area (Å²) in [5.41, 5.74) is 1.36. The highest BCUT2D eigenvalue weighted by atomic mass is 32.1. The minimum absolute atomic E-state index is 0.440. The molecule has 2 aromatic rings. The number of rotatable bonds is 2. The number of hydrogen-bond donors (Lipinski definition) is 1. The third kappa shape index (κ3) is 1.64. The van der Waals surface area contributed by atoms with Crippen molar-refractivity contribution in [3.8, 4) is 0 Å². The molecule has 0 aromatic carbocycles. The number of carbonyl (C=O) groups is 1. The molecule has 0 spiro atoms. The highest BCUT2D eigenvalue weighted by molar-refractivity contribution is 7.19. The number of aryl methyl sites for hydroxylation is 2. The van der Waals surface area contributed by atoms with Crippen molar-refractivity contribution in [1.82, 2.24) is 9.97 Å². The summed E-state index contributed by atoms with van der Waals surface area (Å²) in [7, 11) is 0. The molecule has 20 heavy (non-hydrogen) atoms. The van der Waals surface area contributed by atoms with E-state index in [-0.39, 0.29) is 0 Å². The Bertz CT molecular complexity index is 697. The minimum Gasteiger partial charge on any atom is -0.480 e. The lowest BCUT2D eigenvalue weighted by Crippen LogP contribution is -2.36. The molecule has 2 aromatic heterocycles. The molecule has 3 heterocycles. The molecule has 1 fully saturated rings. The summed E-state index contributed by atoms with van der Waals surface area (Å²) < 4.78 is 0. The SMILES string of the molecule is O=C(O)[C@H]1CCCN1c1ncnc2sc3c(c12)CCC3. The van der Waals surface area contributed by atoms with Gasteiger partial charge in [0, 0.05) is 11.4 Å². The monoisotopic (exact) mass is 289 g/mol. The van der Waals surface area contributed by atoms with Crippen LogP contribution in [0.2, 0.25) is 0 Å². The lowest BCUT2D eigenvalue weighted by Gasteiger charge is -2.23. The molecule has 0 bridgehead atoms. The lowest BCUT2D eigenvalue weighted by molar-refractivity contribution is -0.138. The van der Waals surface area contributed by atoms with Gasteiger partial charge in [0.2, 0.25) is 0 Å². The lowest BCUT2D eigenvalue weighted by atomic mass is 10.1. The zero-order chi connectivity index (χ0) is 13.7. The summed E-state index contributed by atoms with van der Waals surface area (Å²) in [5.74, 6) is 0.0837. The van der Waals surface area contributed by atoms with Gasteiger partial charge in [-0.15, -0.1) is 11.3 Å². The Hall–Kier alpha value is -1.69. The molecular formula is C14H15N3O2S. The fourth-order valence-corrected chi connectivity index (χ4v) is 4.63. The molecule has 6 heteroatoms. The van der Waals surface area contributed by atoms with Crippen LogP contribution in [0.25, 0.3) is 10.2 Å². The maximum atomic E-state index is 11.4. The third-order valence-electron chi connectivity index (χ3n) is 4.29. The van der Waals surface area contributed by atoms with E-state index >= 15 is 0 Å². The van der Waals surface area contributed by atoms with E-state index in [1.54, 1.807) is 17.7 Å². The summed E-state index contributed by atoms with van der Waals surface area (Å²) in [6.45, 7) is 0.772. The molecular weight excluding hydrogens is 274 g/mol. The van der Waals surface area contributed by atoms with Gasteiger partial charge in [0.1, 0.15) is 23.0 Å². The van der Waals surface area contributed by atoms with Crippen LogP contribution in [0.4, 0.5) is 5.82 Å². The van der Waals surface area contributed by atoms with Gasteiger partial charge in [-0.3, -0.25) is 0 Å². The van der Waals surface area contributed by atoms with Crippen LogP contribution in [-0.2, 0) is 17.6 Å². The average molecular weight is 289 g/mol. The summed E-state index contributed by atoms with van der Waals surface area (Å²) in [6.07, 6.45) is 6.57. The van der Waals surface area contributed by atoms with Gasteiger partial charge < -0.3 is 10.0 Å². The van der Waals surface area contributed by atoms with E-state index in [0.29, 0.717) is 6.42 Å². The second kappa shape index (κ2) is 4.41. The Balaban J connectivity index is 1.89. The predicted octanol–water partition coefficient (Wildman–Crippen LogP) is 2.23. The molecule has 5 nitrogen and oxygen atoms in total. The van der Waals surface area contributed by atoms with E-state index in [1.807, 2.05) is 4.90 Å². The number of anilines is 1. The Kier molecular flexibility index (Phi) is 2.66. The number of aromatic nitrogens is 2. The van der Waals surface area contributed by atoms with E-state index in [9.17, 15) is 9.90 Å². The van der Waals surface area contributed by atoms with Gasteiger partial charge in [0.25, 0.3) is 0 Å². The first-order chi connectivity index (χ1) is 9.75. The summed E-state index contributed by atoms with van der Waals surface area (Å²) in [5, 5.41) is 10.5. The van der Waals surface area contributed by atoms with Crippen LogP contribution in [0, 0.1) is 0 Å². The molecule has 1 aliphatic carbocycles. The van der Waals surface area contributed by atoms with Gasteiger partial charge in [-0.25, -0.2) is 14.8 Å². The molecule has 0 amide bonds. The smallest absolute Gasteiger partial charge is 0.326 e. The highest BCUT2D eigenvalue weighted by Gasteiger charge is 2.34. The summed E-state index contributed by atoms with van der Waals surface area (Å²) in [4.78, 5) is 24.6. The van der Waals surface area contributed by atoms with Crippen LogP contribution in [0.1, 0.15) is 29.7 Å². The molecule has 104 valence electrons. The Morgan fingerprint density at radius 3 is 3.10 bits per heavy atom. The van der Waals surface area contributed by atoms with E-state index in [0.717, 1.165) is 41.8 Å². The zero-order valence-corrected chi connectivity index (χ0v) is 11.8. The van der Waals surface area contributed by atoms with Crippen LogP contribution < -0.4 is 4.90 Å². The molecule has 1 N–H and O–H groups in total. The average Bonchev–Trinajstić information content (AvgIpc) is 3.12. The van der Waals surface area contributed by atoms with Crippen molar-refractivity contribution in [3.63, 3.8) is 0 Å². The Morgan fingerprint density at radius 1 is 1.35 bits per heavy atom. The maximum Gasteiger partial charge on any atom is 0.326 e. The van der Waals surface area contributed by atoms with Crippen molar-refractivity contribution in [3.05, 3.63) is 16.8 Å². The topological polar surface area (TPSA) is 66.3 Å². The number of carboxylic acid groups (broad SMARTS) is 1. The molecule has 2 aliphatic rings. The Labute approximate surface area is 120 Å². The van der Waals surface area contributed by atoms with E-state index in [4.69, 9.17) is 0 Å². The molecule has 1 atom stereocenters. The zero-order valence-electron chi connectivity index (χ0n) is 11.0. The van der Waals surface area contributed by atoms with Crippen LogP contribution in [0.3, 0.4) is 0 Å². The van der Waals surface area contributed by atoms with Crippen molar-refractivity contribution in [2.24, 2.45) is 0 Å². The van der Waals surface area contributed by atoms with E-state index in [2.05, 4.69) is 9.97 Å². The highest BCUT2D eigenvalue weighted by Crippen LogP contribution is 2.41. The number of hydrogen-bond acceptors (Lipinski definition) is 5. The number of fused-ring (bicyclic) bond motifs is 3. The van der Waals surface area contributed by atoms with Crippen molar-refractivity contribution in [2.45, 2.75) is 38.1 Å². The number of nitrogens with zero attached hydrogens (tertiary/aromatic N) is 3. The molecule has 1 saturated heterocycles. The van der Waals surface area contributed by atoms with Gasteiger partial charge in [-0.2, -0.15) is 0 Å². The van der Waals surface area contributed by atoms with Gasteiger partial charge in [-0.1, -0.05) is 0 Å². The van der Waals surface area contributed by atoms with E-state index in [1.165, 1.54) is 16.9 Å². The van der Waals surface area contributed by atoms with Crippen LogP contribution in [0.15, 0.2) is 6.33 Å². The van der Waals surface area contributed by atoms with Gasteiger partial charge in [0.05, 0.1) is 5.39 Å². The largest absolute Gasteiger partial charge is 0.480 e. The standard InChI is InChI=1S/C14H15N3O2S/c18-14(19)9-4-2-6-17(9)12-11-8-3-1-5-10(8)20-13(11)16-7-15-12/h7,9H,1-6H2,(H,18,19)/t9-/m1/s1. The van der Waals surface area contributed by atoms with Crippen LogP contribution in [0.5, 0.6) is 0 Å². The summed E-state index contributed by atoms with van der Waals surface area (Å²) in [6, 6.07) is -0.440. The molecule has 0 unspecified atom stereocenters. The maximum absolute atomic E-state index is 11.4. The first-order valence-corrected chi connectivity index (χ1v) is 7.82. The van der Waals surface area contributed by atoms with Gasteiger partial charge in [0.15, 0.2) is 0 Å². The predicted molar refractivity (Wildman–Crippen MR) is 77.4 cm³/mol. The fourth-order valence-electron chi connectivity index (χ4n) is 3.41. The number of carboxylic acids is 1. The van der Waals surface area contributed by atoms with Crippen molar-refractivity contribution in [2.75, 3.05) is 11.4 Å². The van der Waals surface area contributed by atoms with Crippen molar-refractivity contribution >= 4 is 33.3 Å². The fraction of sp³-hybridized carbons (Fsp3) is 0.500. The second-order valence-corrected chi connectivity index (χ2v) is 6.51. The first kappa shape index (κ1) is 12.1. The molecule has 0 saturated carbocycles. The quantitative estimate of drug-likeness (QED) is 0.918. The normalized spacial score (nSPS) is 21.6. The van der Waals surface area contributed by atoms with E-state index < -0.39 is 12.0 Å². The third-order valence-corrected chi connectivity index (χ3v) is 5.49. The molecule has 0 radical (unpaired) electrons. The van der Waals surface area contributed by atoms with Crippen molar-refractivity contribution in [1.29, 1.82) is 0 Å². The minimum atomic E-state index is -0.749. The molecule has 4 rings (SSSR count). The van der Waals surface area contributed by atoms with Crippen LogP contribution in [-0.4, -0.2) is 33.6 Å². The second-order valence-electron chi connectivity index (χ2n) is 5.42. The summed E-state index contributed by atoms with van der Waals surface area (Å²) >= 11 is 1.74. The van der Waals surface area contributed by atoms with Gasteiger partial charge in [-0.05, 0) is 37.7 Å².